The van der Waals surface area contributed by atoms with Crippen molar-refractivity contribution in [2.24, 2.45) is 0 Å². The average Bonchev–Trinajstić information content (AvgIpc) is 2.77. The highest BCUT2D eigenvalue weighted by Crippen LogP contribution is 2.39. The molecular weight excluding hydrogens is 394 g/mol. The molecule has 0 bridgehead atoms. The zero-order valence-electron chi connectivity index (χ0n) is 17.5. The second kappa shape index (κ2) is 10.8. The quantitative estimate of drug-likeness (QED) is 0.587. The van der Waals surface area contributed by atoms with E-state index in [4.69, 9.17) is 28.4 Å². The first kappa shape index (κ1) is 22.7. The number of esters is 1. The fraction of sp³-hybridized carbons (Fsp3) is 0.333. The normalized spacial score (nSPS) is 11.1. The van der Waals surface area contributed by atoms with Crippen LogP contribution in [0, 0.1) is 0 Å². The molecular formula is C21H25NO8. The van der Waals surface area contributed by atoms with Gasteiger partial charge >= 0.3 is 5.97 Å². The SMILES string of the molecule is COc1ccc(OC(C)C(=O)OCC(=O)Nc2cc(OC)c(OC)c(OC)c2)cc1. The van der Waals surface area contributed by atoms with Gasteiger partial charge in [0, 0.05) is 17.8 Å². The molecule has 0 radical (unpaired) electrons. The highest BCUT2D eigenvalue weighted by molar-refractivity contribution is 5.93. The third-order valence-corrected chi connectivity index (χ3v) is 4.00. The van der Waals surface area contributed by atoms with Gasteiger partial charge in [-0.2, -0.15) is 0 Å². The van der Waals surface area contributed by atoms with Gasteiger partial charge in [-0.1, -0.05) is 0 Å². The lowest BCUT2D eigenvalue weighted by atomic mass is 10.2. The van der Waals surface area contributed by atoms with E-state index in [-0.39, 0.29) is 0 Å². The van der Waals surface area contributed by atoms with E-state index in [1.807, 2.05) is 0 Å². The number of ether oxygens (including phenoxy) is 6. The first-order valence-electron chi connectivity index (χ1n) is 8.99. The highest BCUT2D eigenvalue weighted by Gasteiger charge is 2.19. The van der Waals surface area contributed by atoms with E-state index < -0.39 is 24.6 Å². The number of carbonyl (C=O) groups excluding carboxylic acids is 2. The minimum Gasteiger partial charge on any atom is -0.497 e. The summed E-state index contributed by atoms with van der Waals surface area (Å²) in [6.07, 6.45) is -0.896. The van der Waals surface area contributed by atoms with Crippen molar-refractivity contribution in [3.8, 4) is 28.7 Å². The number of nitrogens with one attached hydrogen (secondary N) is 1. The third kappa shape index (κ3) is 5.94. The van der Waals surface area contributed by atoms with E-state index in [1.54, 1.807) is 43.5 Å². The maximum absolute atomic E-state index is 12.2. The third-order valence-electron chi connectivity index (χ3n) is 4.00. The summed E-state index contributed by atoms with van der Waals surface area (Å²) in [4.78, 5) is 24.3. The summed E-state index contributed by atoms with van der Waals surface area (Å²) < 4.78 is 31.3. The molecule has 0 aromatic heterocycles. The summed E-state index contributed by atoms with van der Waals surface area (Å²) in [5.74, 6) is 1.09. The van der Waals surface area contributed by atoms with Crippen LogP contribution in [-0.2, 0) is 14.3 Å². The molecule has 0 saturated carbocycles. The van der Waals surface area contributed by atoms with Crippen molar-refractivity contribution in [3.05, 3.63) is 36.4 Å². The van der Waals surface area contributed by atoms with Crippen LogP contribution in [0.15, 0.2) is 36.4 Å². The predicted molar refractivity (Wildman–Crippen MR) is 109 cm³/mol. The summed E-state index contributed by atoms with van der Waals surface area (Å²) in [6, 6.07) is 9.88. The fourth-order valence-electron chi connectivity index (χ4n) is 2.51. The molecule has 9 heteroatoms. The monoisotopic (exact) mass is 419 g/mol. The minimum atomic E-state index is -0.896. The van der Waals surface area contributed by atoms with Crippen molar-refractivity contribution in [2.45, 2.75) is 13.0 Å². The van der Waals surface area contributed by atoms with Crippen molar-refractivity contribution >= 4 is 17.6 Å². The summed E-state index contributed by atoms with van der Waals surface area (Å²) in [7, 11) is 5.97. The Bertz CT molecular complexity index is 841. The highest BCUT2D eigenvalue weighted by atomic mass is 16.6. The summed E-state index contributed by atoms with van der Waals surface area (Å²) in [6.45, 7) is 1.05. The van der Waals surface area contributed by atoms with Crippen LogP contribution in [0.4, 0.5) is 5.69 Å². The predicted octanol–water partition coefficient (Wildman–Crippen LogP) is 2.67. The number of rotatable bonds is 10. The maximum atomic E-state index is 12.2. The second-order valence-electron chi connectivity index (χ2n) is 6.01. The molecule has 0 aliphatic heterocycles. The molecule has 2 aromatic carbocycles. The molecule has 2 rings (SSSR count). The maximum Gasteiger partial charge on any atom is 0.347 e. The largest absolute Gasteiger partial charge is 0.497 e. The smallest absolute Gasteiger partial charge is 0.347 e. The number of methoxy groups -OCH3 is 4. The average molecular weight is 419 g/mol. The number of amides is 1. The fourth-order valence-corrected chi connectivity index (χ4v) is 2.51. The Balaban J connectivity index is 1.91. The van der Waals surface area contributed by atoms with Gasteiger partial charge in [0.1, 0.15) is 11.5 Å². The molecule has 0 fully saturated rings. The van der Waals surface area contributed by atoms with E-state index >= 15 is 0 Å². The topological polar surface area (TPSA) is 102 Å². The molecule has 1 amide bonds. The zero-order valence-corrected chi connectivity index (χ0v) is 17.5. The van der Waals surface area contributed by atoms with Gasteiger partial charge < -0.3 is 33.7 Å². The molecule has 0 aliphatic carbocycles. The Morgan fingerprint density at radius 3 is 1.93 bits per heavy atom. The minimum absolute atomic E-state index is 0.380. The summed E-state index contributed by atoms with van der Waals surface area (Å²) >= 11 is 0. The standard InChI is InChI=1S/C21H25NO8/c1-13(30-16-8-6-15(25-2)7-9-16)21(24)29-12-19(23)22-14-10-17(26-3)20(28-5)18(11-14)27-4/h6-11,13H,12H2,1-5H3,(H,22,23). The number of anilines is 1. The van der Waals surface area contributed by atoms with Gasteiger partial charge in [0.2, 0.25) is 5.75 Å². The molecule has 1 atom stereocenters. The van der Waals surface area contributed by atoms with Crippen LogP contribution in [0.1, 0.15) is 6.92 Å². The van der Waals surface area contributed by atoms with Crippen LogP contribution >= 0.6 is 0 Å². The number of benzene rings is 2. The molecule has 0 saturated heterocycles. The second-order valence-corrected chi connectivity index (χ2v) is 6.01. The molecule has 2 aromatic rings. The van der Waals surface area contributed by atoms with E-state index in [2.05, 4.69) is 5.32 Å². The molecule has 0 spiro atoms. The van der Waals surface area contributed by atoms with Crippen molar-refractivity contribution in [1.82, 2.24) is 0 Å². The van der Waals surface area contributed by atoms with E-state index in [0.29, 0.717) is 34.4 Å². The molecule has 1 unspecified atom stereocenters. The van der Waals surface area contributed by atoms with Gasteiger partial charge in [-0.3, -0.25) is 4.79 Å². The Morgan fingerprint density at radius 1 is 0.867 bits per heavy atom. The van der Waals surface area contributed by atoms with Crippen molar-refractivity contribution in [2.75, 3.05) is 40.4 Å². The van der Waals surface area contributed by atoms with Crippen LogP contribution in [0.2, 0.25) is 0 Å². The van der Waals surface area contributed by atoms with Crippen LogP contribution in [0.5, 0.6) is 28.7 Å². The van der Waals surface area contributed by atoms with Crippen molar-refractivity contribution < 1.29 is 38.0 Å². The Hall–Kier alpha value is -3.62. The van der Waals surface area contributed by atoms with Gasteiger partial charge in [-0.15, -0.1) is 0 Å². The lowest BCUT2D eigenvalue weighted by Gasteiger charge is -2.15. The Morgan fingerprint density at radius 2 is 1.43 bits per heavy atom. The van der Waals surface area contributed by atoms with E-state index in [0.717, 1.165) is 0 Å². The molecule has 1 N–H and O–H groups in total. The van der Waals surface area contributed by atoms with Crippen LogP contribution in [0.3, 0.4) is 0 Å². The summed E-state index contributed by atoms with van der Waals surface area (Å²) in [5.41, 5.74) is 0.396. The zero-order chi connectivity index (χ0) is 22.1. The molecule has 30 heavy (non-hydrogen) atoms. The van der Waals surface area contributed by atoms with Crippen LogP contribution < -0.4 is 29.0 Å². The van der Waals surface area contributed by atoms with Crippen LogP contribution in [0.25, 0.3) is 0 Å². The van der Waals surface area contributed by atoms with Gasteiger partial charge in [-0.05, 0) is 31.2 Å². The van der Waals surface area contributed by atoms with E-state index in [1.165, 1.54) is 28.3 Å². The lowest BCUT2D eigenvalue weighted by molar-refractivity contribution is -0.153. The van der Waals surface area contributed by atoms with Gasteiger partial charge in [0.05, 0.1) is 28.4 Å². The lowest BCUT2D eigenvalue weighted by Crippen LogP contribution is -2.29. The Kier molecular flexibility index (Phi) is 8.16. The first-order valence-corrected chi connectivity index (χ1v) is 8.99. The van der Waals surface area contributed by atoms with Gasteiger partial charge in [0.25, 0.3) is 5.91 Å². The molecule has 162 valence electrons. The molecule has 9 nitrogen and oxygen atoms in total. The number of carbonyl (C=O) groups is 2. The Labute approximate surface area is 174 Å². The molecule has 0 heterocycles. The van der Waals surface area contributed by atoms with E-state index in [9.17, 15) is 9.59 Å². The van der Waals surface area contributed by atoms with Crippen molar-refractivity contribution in [1.29, 1.82) is 0 Å². The first-order chi connectivity index (χ1) is 14.4. The van der Waals surface area contributed by atoms with Crippen molar-refractivity contribution in [3.63, 3.8) is 0 Å². The number of hydrogen-bond acceptors (Lipinski definition) is 8. The summed E-state index contributed by atoms with van der Waals surface area (Å²) in [5, 5.41) is 2.61. The molecule has 0 aliphatic rings. The van der Waals surface area contributed by atoms with Crippen LogP contribution in [-0.4, -0.2) is 53.0 Å². The number of hydrogen-bond donors (Lipinski definition) is 1. The van der Waals surface area contributed by atoms with Gasteiger partial charge in [0.15, 0.2) is 24.2 Å². The van der Waals surface area contributed by atoms with Gasteiger partial charge in [-0.25, -0.2) is 4.79 Å².